The van der Waals surface area contributed by atoms with Gasteiger partial charge in [-0.3, -0.25) is 0 Å². The summed E-state index contributed by atoms with van der Waals surface area (Å²) in [7, 11) is 4.61. The topological polar surface area (TPSA) is 106 Å². The minimum absolute atomic E-state index is 0.164. The quantitative estimate of drug-likeness (QED) is 0.578. The first-order chi connectivity index (χ1) is 12.6. The van der Waals surface area contributed by atoms with Crippen LogP contribution in [0.15, 0.2) is 30.6 Å². The van der Waals surface area contributed by atoms with E-state index in [1.54, 1.807) is 19.2 Å². The lowest BCUT2D eigenvalue weighted by Gasteiger charge is -2.16. The summed E-state index contributed by atoms with van der Waals surface area (Å²) in [5, 5.41) is 22.9. The highest BCUT2D eigenvalue weighted by molar-refractivity contribution is 5.96. The Labute approximate surface area is 150 Å². The number of methoxy groups -OCH3 is 3. The minimum Gasteiger partial charge on any atom is -0.504 e. The van der Waals surface area contributed by atoms with Crippen molar-refractivity contribution >= 4 is 16.7 Å². The molecule has 0 spiro atoms. The Kier molecular flexibility index (Phi) is 4.83. The number of phenols is 2. The fraction of sp³-hybridized carbons (Fsp3) is 0.222. The highest BCUT2D eigenvalue weighted by Crippen LogP contribution is 2.43. The zero-order valence-electron chi connectivity index (χ0n) is 14.6. The van der Waals surface area contributed by atoms with Crippen LogP contribution in [-0.2, 0) is 6.54 Å². The Balaban J connectivity index is 2.02. The number of nitrogens with one attached hydrogen (secondary N) is 1. The maximum absolute atomic E-state index is 9.61. The molecule has 0 amide bonds. The van der Waals surface area contributed by atoms with Gasteiger partial charge in [0, 0.05) is 6.54 Å². The number of fused-ring (bicyclic) bond motifs is 1. The molecule has 0 aliphatic carbocycles. The lowest BCUT2D eigenvalue weighted by molar-refractivity contribution is 0.327. The van der Waals surface area contributed by atoms with Crippen molar-refractivity contribution in [1.82, 2.24) is 9.97 Å². The predicted molar refractivity (Wildman–Crippen MR) is 96.3 cm³/mol. The number of anilines is 1. The molecule has 3 rings (SSSR count). The van der Waals surface area contributed by atoms with E-state index in [4.69, 9.17) is 14.2 Å². The van der Waals surface area contributed by atoms with Gasteiger partial charge >= 0.3 is 0 Å². The van der Waals surface area contributed by atoms with E-state index in [-0.39, 0.29) is 11.5 Å². The summed E-state index contributed by atoms with van der Waals surface area (Å²) in [6.07, 6.45) is 1.42. The third-order valence-electron chi connectivity index (χ3n) is 3.93. The molecule has 0 radical (unpaired) electrons. The largest absolute Gasteiger partial charge is 0.504 e. The van der Waals surface area contributed by atoms with Crippen LogP contribution in [0, 0.1) is 0 Å². The van der Waals surface area contributed by atoms with Gasteiger partial charge in [-0.15, -0.1) is 0 Å². The Bertz CT molecular complexity index is 946. The SMILES string of the molecule is COc1cc2c(NCc3ccc(O)c(O)c3)ncnc2c(OC)c1OC. The van der Waals surface area contributed by atoms with E-state index >= 15 is 0 Å². The fourth-order valence-electron chi connectivity index (χ4n) is 2.67. The maximum atomic E-state index is 9.61. The van der Waals surface area contributed by atoms with Crippen molar-refractivity contribution in [2.45, 2.75) is 6.54 Å². The molecule has 1 aromatic heterocycles. The molecule has 2 aromatic carbocycles. The van der Waals surface area contributed by atoms with Crippen molar-refractivity contribution in [1.29, 1.82) is 0 Å². The molecule has 0 bridgehead atoms. The Morgan fingerprint density at radius 3 is 2.35 bits per heavy atom. The van der Waals surface area contributed by atoms with Crippen LogP contribution in [0.1, 0.15) is 5.56 Å². The molecule has 0 aliphatic rings. The minimum atomic E-state index is -0.176. The molecule has 0 saturated carbocycles. The molecule has 8 nitrogen and oxygen atoms in total. The van der Waals surface area contributed by atoms with Crippen molar-refractivity contribution in [2.75, 3.05) is 26.6 Å². The van der Waals surface area contributed by atoms with E-state index in [9.17, 15) is 10.2 Å². The van der Waals surface area contributed by atoms with Gasteiger partial charge in [0.05, 0.1) is 26.7 Å². The average Bonchev–Trinajstić information content (AvgIpc) is 2.67. The summed E-state index contributed by atoms with van der Waals surface area (Å²) < 4.78 is 16.2. The molecular weight excluding hydrogens is 338 g/mol. The Morgan fingerprint density at radius 2 is 1.69 bits per heavy atom. The van der Waals surface area contributed by atoms with Gasteiger partial charge in [0.15, 0.2) is 23.0 Å². The molecular formula is C18H19N3O5. The summed E-state index contributed by atoms with van der Waals surface area (Å²) in [5.74, 6) is 1.64. The standard InChI is InChI=1S/C18H19N3O5/c1-24-14-7-11-15(17(26-3)16(14)25-2)20-9-21-18(11)19-8-10-4-5-12(22)13(23)6-10/h4-7,9,22-23H,8H2,1-3H3,(H,19,20,21). The van der Waals surface area contributed by atoms with E-state index in [1.807, 2.05) is 0 Å². The first-order valence-electron chi connectivity index (χ1n) is 7.77. The van der Waals surface area contributed by atoms with Crippen molar-refractivity contribution < 1.29 is 24.4 Å². The number of phenolic OH excluding ortho intramolecular Hbond substituents is 2. The van der Waals surface area contributed by atoms with Crippen LogP contribution in [0.5, 0.6) is 28.7 Å². The van der Waals surface area contributed by atoms with Gasteiger partial charge in [0.1, 0.15) is 17.7 Å². The Hall–Kier alpha value is -3.42. The fourth-order valence-corrected chi connectivity index (χ4v) is 2.67. The lowest BCUT2D eigenvalue weighted by atomic mass is 10.1. The molecule has 26 heavy (non-hydrogen) atoms. The smallest absolute Gasteiger partial charge is 0.205 e. The van der Waals surface area contributed by atoms with Crippen LogP contribution in [0.3, 0.4) is 0 Å². The summed E-state index contributed by atoms with van der Waals surface area (Å²) in [5.41, 5.74) is 1.36. The van der Waals surface area contributed by atoms with Crippen molar-refractivity contribution in [3.8, 4) is 28.7 Å². The number of hydrogen-bond donors (Lipinski definition) is 3. The summed E-state index contributed by atoms with van der Waals surface area (Å²) >= 11 is 0. The molecule has 0 atom stereocenters. The number of benzene rings is 2. The third kappa shape index (κ3) is 3.08. The molecule has 3 N–H and O–H groups in total. The van der Waals surface area contributed by atoms with E-state index < -0.39 is 0 Å². The lowest BCUT2D eigenvalue weighted by Crippen LogP contribution is -2.04. The summed E-state index contributed by atoms with van der Waals surface area (Å²) in [6, 6.07) is 6.39. The number of hydrogen-bond acceptors (Lipinski definition) is 8. The summed E-state index contributed by atoms with van der Waals surface area (Å²) in [4.78, 5) is 8.57. The van der Waals surface area contributed by atoms with Crippen molar-refractivity contribution in [3.05, 3.63) is 36.2 Å². The van der Waals surface area contributed by atoms with E-state index in [2.05, 4.69) is 15.3 Å². The summed E-state index contributed by atoms with van der Waals surface area (Å²) in [6.45, 7) is 0.386. The van der Waals surface area contributed by atoms with Gasteiger partial charge in [-0.1, -0.05) is 6.07 Å². The molecule has 0 fully saturated rings. The molecule has 1 heterocycles. The molecule has 0 saturated heterocycles. The van der Waals surface area contributed by atoms with Crippen molar-refractivity contribution in [2.24, 2.45) is 0 Å². The second-order valence-electron chi connectivity index (χ2n) is 5.44. The maximum Gasteiger partial charge on any atom is 0.205 e. The zero-order chi connectivity index (χ0) is 18.7. The van der Waals surface area contributed by atoms with Crippen LogP contribution in [0.4, 0.5) is 5.82 Å². The van der Waals surface area contributed by atoms with Crippen molar-refractivity contribution in [3.63, 3.8) is 0 Å². The van der Waals surface area contributed by atoms with Gasteiger partial charge in [0.25, 0.3) is 0 Å². The second kappa shape index (κ2) is 7.22. The van der Waals surface area contributed by atoms with Gasteiger partial charge in [-0.2, -0.15) is 0 Å². The monoisotopic (exact) mass is 357 g/mol. The second-order valence-corrected chi connectivity index (χ2v) is 5.44. The van der Waals surface area contributed by atoms with Crippen LogP contribution < -0.4 is 19.5 Å². The van der Waals surface area contributed by atoms with Crippen LogP contribution >= 0.6 is 0 Å². The zero-order valence-corrected chi connectivity index (χ0v) is 14.6. The van der Waals surface area contributed by atoms with Crippen LogP contribution in [-0.4, -0.2) is 41.5 Å². The average molecular weight is 357 g/mol. The molecule has 0 unspecified atom stereocenters. The van der Waals surface area contributed by atoms with Gasteiger partial charge in [0.2, 0.25) is 5.75 Å². The van der Waals surface area contributed by atoms with E-state index in [1.165, 1.54) is 32.7 Å². The van der Waals surface area contributed by atoms with Gasteiger partial charge in [-0.05, 0) is 23.8 Å². The number of aromatic nitrogens is 2. The van der Waals surface area contributed by atoms with Crippen LogP contribution in [0.2, 0.25) is 0 Å². The first kappa shape index (κ1) is 17.4. The van der Waals surface area contributed by atoms with Crippen LogP contribution in [0.25, 0.3) is 10.9 Å². The molecule has 8 heteroatoms. The third-order valence-corrected chi connectivity index (χ3v) is 3.93. The highest BCUT2D eigenvalue weighted by atomic mass is 16.5. The molecule has 0 aliphatic heterocycles. The molecule has 3 aromatic rings. The number of rotatable bonds is 6. The number of aromatic hydroxyl groups is 2. The highest BCUT2D eigenvalue weighted by Gasteiger charge is 2.19. The normalized spacial score (nSPS) is 10.6. The first-order valence-corrected chi connectivity index (χ1v) is 7.77. The number of nitrogens with zero attached hydrogens (tertiary/aromatic N) is 2. The predicted octanol–water partition coefficient (Wildman–Crippen LogP) is 2.68. The molecule has 136 valence electrons. The van der Waals surface area contributed by atoms with Gasteiger partial charge in [-0.25, -0.2) is 9.97 Å². The Morgan fingerprint density at radius 1 is 0.923 bits per heavy atom. The van der Waals surface area contributed by atoms with E-state index in [0.717, 1.165) is 5.56 Å². The van der Waals surface area contributed by atoms with E-state index in [0.29, 0.717) is 40.5 Å². The number of ether oxygens (including phenoxy) is 3. The van der Waals surface area contributed by atoms with Gasteiger partial charge < -0.3 is 29.7 Å².